The van der Waals surface area contributed by atoms with Crippen LogP contribution in [0, 0.1) is 0 Å². The number of carbonyl (C=O) groups is 1. The van der Waals surface area contributed by atoms with Crippen LogP contribution in [0.5, 0.6) is 5.75 Å². The van der Waals surface area contributed by atoms with Crippen LogP contribution in [0.3, 0.4) is 0 Å². The Labute approximate surface area is 114 Å². The highest BCUT2D eigenvalue weighted by Gasteiger charge is 2.03. The zero-order chi connectivity index (χ0) is 14.1. The Hall–Kier alpha value is -1.77. The first kappa shape index (κ1) is 15.3. The highest BCUT2D eigenvalue weighted by atomic mass is 16.5. The maximum atomic E-state index is 10.8. The van der Waals surface area contributed by atoms with E-state index in [1.807, 2.05) is 19.1 Å². The predicted octanol–water partition coefficient (Wildman–Crippen LogP) is 3.83. The second-order valence-corrected chi connectivity index (χ2v) is 4.45. The zero-order valence-corrected chi connectivity index (χ0v) is 11.7. The fourth-order valence-electron chi connectivity index (χ4n) is 1.75. The molecule has 0 atom stereocenters. The van der Waals surface area contributed by atoms with Gasteiger partial charge in [-0.25, -0.2) is 4.79 Å². The first-order valence-electron chi connectivity index (χ1n) is 6.81. The molecule has 1 aromatic rings. The van der Waals surface area contributed by atoms with Gasteiger partial charge in [-0.15, -0.1) is 0 Å². The molecule has 3 heteroatoms. The normalized spacial score (nSPS) is 11.4. The van der Waals surface area contributed by atoms with Gasteiger partial charge in [-0.3, -0.25) is 0 Å². The molecule has 0 heterocycles. The minimum Gasteiger partial charge on any atom is -0.490 e. The summed E-state index contributed by atoms with van der Waals surface area (Å²) in [7, 11) is 0. The Balaban J connectivity index is 2.47. The highest BCUT2D eigenvalue weighted by molar-refractivity contribution is 5.86. The van der Waals surface area contributed by atoms with Crippen molar-refractivity contribution in [2.24, 2.45) is 0 Å². The van der Waals surface area contributed by atoms with E-state index in [1.54, 1.807) is 6.08 Å². The van der Waals surface area contributed by atoms with Crippen molar-refractivity contribution in [3.8, 4) is 5.75 Å². The van der Waals surface area contributed by atoms with Crippen LogP contribution in [0.2, 0.25) is 0 Å². The number of hydrogen-bond donors (Lipinski definition) is 1. The van der Waals surface area contributed by atoms with Gasteiger partial charge >= 0.3 is 5.97 Å². The first-order chi connectivity index (χ1) is 9.17. The SMILES string of the molecule is CCCCc1ccc(OC/C=C(/CC)C(=O)O)cc1. The van der Waals surface area contributed by atoms with Crippen molar-refractivity contribution in [1.29, 1.82) is 0 Å². The van der Waals surface area contributed by atoms with Crippen molar-refractivity contribution in [3.63, 3.8) is 0 Å². The molecule has 0 aromatic heterocycles. The summed E-state index contributed by atoms with van der Waals surface area (Å²) < 4.78 is 5.51. The third-order valence-corrected chi connectivity index (χ3v) is 2.98. The summed E-state index contributed by atoms with van der Waals surface area (Å²) in [6.07, 6.45) is 5.61. The Kier molecular flexibility index (Phi) is 6.72. The lowest BCUT2D eigenvalue weighted by Crippen LogP contribution is -2.02. The number of benzene rings is 1. The van der Waals surface area contributed by atoms with Crippen LogP contribution in [-0.2, 0) is 11.2 Å². The Morgan fingerprint density at radius 2 is 1.95 bits per heavy atom. The van der Waals surface area contributed by atoms with E-state index in [0.717, 1.165) is 12.2 Å². The maximum Gasteiger partial charge on any atom is 0.331 e. The minimum atomic E-state index is -0.874. The average molecular weight is 262 g/mol. The molecular weight excluding hydrogens is 240 g/mol. The topological polar surface area (TPSA) is 46.5 Å². The molecule has 0 saturated heterocycles. The van der Waals surface area contributed by atoms with Crippen LogP contribution in [0.15, 0.2) is 35.9 Å². The van der Waals surface area contributed by atoms with Crippen LogP contribution in [0.1, 0.15) is 38.7 Å². The quantitative estimate of drug-likeness (QED) is 0.724. The lowest BCUT2D eigenvalue weighted by atomic mass is 10.1. The van der Waals surface area contributed by atoms with E-state index in [9.17, 15) is 4.79 Å². The summed E-state index contributed by atoms with van der Waals surface area (Å²) >= 11 is 0. The lowest BCUT2D eigenvalue weighted by Gasteiger charge is -2.05. The Morgan fingerprint density at radius 3 is 2.47 bits per heavy atom. The van der Waals surface area contributed by atoms with Gasteiger partial charge in [-0.2, -0.15) is 0 Å². The van der Waals surface area contributed by atoms with Crippen molar-refractivity contribution < 1.29 is 14.6 Å². The van der Waals surface area contributed by atoms with Crippen molar-refractivity contribution in [1.82, 2.24) is 0 Å². The van der Waals surface area contributed by atoms with Crippen LogP contribution in [-0.4, -0.2) is 17.7 Å². The summed E-state index contributed by atoms with van der Waals surface area (Å²) in [4.78, 5) is 10.8. The molecule has 1 aromatic carbocycles. The van der Waals surface area contributed by atoms with E-state index in [1.165, 1.54) is 18.4 Å². The fraction of sp³-hybridized carbons (Fsp3) is 0.438. The molecule has 0 unspecified atom stereocenters. The molecule has 1 N–H and O–H groups in total. The van der Waals surface area contributed by atoms with Gasteiger partial charge in [-0.05, 0) is 43.0 Å². The molecule has 1 rings (SSSR count). The summed E-state index contributed by atoms with van der Waals surface area (Å²) in [5.74, 6) is -0.0987. The van der Waals surface area contributed by atoms with Crippen LogP contribution in [0.25, 0.3) is 0 Å². The molecule has 3 nitrogen and oxygen atoms in total. The van der Waals surface area contributed by atoms with Gasteiger partial charge in [-0.1, -0.05) is 32.4 Å². The van der Waals surface area contributed by atoms with E-state index in [2.05, 4.69) is 19.1 Å². The number of carboxylic acids is 1. The second-order valence-electron chi connectivity index (χ2n) is 4.45. The van der Waals surface area contributed by atoms with Gasteiger partial charge in [0.15, 0.2) is 0 Å². The van der Waals surface area contributed by atoms with Gasteiger partial charge in [0.05, 0.1) is 0 Å². The number of aliphatic carboxylic acids is 1. The number of rotatable bonds is 8. The molecule has 0 bridgehead atoms. The van der Waals surface area contributed by atoms with E-state index < -0.39 is 5.97 Å². The Bertz CT molecular complexity index is 418. The molecule has 0 saturated carbocycles. The van der Waals surface area contributed by atoms with Crippen molar-refractivity contribution in [2.75, 3.05) is 6.61 Å². The van der Waals surface area contributed by atoms with Crippen LogP contribution in [0.4, 0.5) is 0 Å². The summed E-state index contributed by atoms with van der Waals surface area (Å²) in [6, 6.07) is 8.00. The summed E-state index contributed by atoms with van der Waals surface area (Å²) in [6.45, 7) is 4.30. The smallest absolute Gasteiger partial charge is 0.331 e. The van der Waals surface area contributed by atoms with Crippen LogP contribution < -0.4 is 4.74 Å². The number of carboxylic acid groups (broad SMARTS) is 1. The first-order valence-corrected chi connectivity index (χ1v) is 6.81. The van der Waals surface area contributed by atoms with Gasteiger partial charge in [0.2, 0.25) is 0 Å². The van der Waals surface area contributed by atoms with Gasteiger partial charge in [0.25, 0.3) is 0 Å². The third-order valence-electron chi connectivity index (χ3n) is 2.98. The van der Waals surface area contributed by atoms with Gasteiger partial charge in [0.1, 0.15) is 12.4 Å². The molecule has 19 heavy (non-hydrogen) atoms. The maximum absolute atomic E-state index is 10.8. The molecular formula is C16H22O3. The molecule has 0 aliphatic heterocycles. The van der Waals surface area contributed by atoms with E-state index in [0.29, 0.717) is 18.6 Å². The standard InChI is InChI=1S/C16H22O3/c1-3-5-6-13-7-9-15(10-8-13)19-12-11-14(4-2)16(17)18/h7-11H,3-6,12H2,1-2H3,(H,17,18)/b14-11-. The number of hydrogen-bond acceptors (Lipinski definition) is 2. The van der Waals surface area contributed by atoms with E-state index in [-0.39, 0.29) is 0 Å². The number of unbranched alkanes of at least 4 members (excludes halogenated alkanes) is 1. The summed E-state index contributed by atoms with van der Waals surface area (Å²) in [5.41, 5.74) is 1.70. The van der Waals surface area contributed by atoms with E-state index in [4.69, 9.17) is 9.84 Å². The molecule has 0 aliphatic carbocycles. The number of ether oxygens (including phenoxy) is 1. The van der Waals surface area contributed by atoms with E-state index >= 15 is 0 Å². The fourth-order valence-corrected chi connectivity index (χ4v) is 1.75. The molecule has 0 spiro atoms. The largest absolute Gasteiger partial charge is 0.490 e. The second kappa shape index (κ2) is 8.35. The Morgan fingerprint density at radius 1 is 1.26 bits per heavy atom. The number of aryl methyl sites for hydroxylation is 1. The van der Waals surface area contributed by atoms with Crippen LogP contribution >= 0.6 is 0 Å². The monoisotopic (exact) mass is 262 g/mol. The zero-order valence-electron chi connectivity index (χ0n) is 11.7. The molecule has 0 aliphatic rings. The molecule has 104 valence electrons. The highest BCUT2D eigenvalue weighted by Crippen LogP contribution is 2.14. The lowest BCUT2D eigenvalue weighted by molar-refractivity contribution is -0.132. The third kappa shape index (κ3) is 5.60. The molecule has 0 fully saturated rings. The van der Waals surface area contributed by atoms with Gasteiger partial charge < -0.3 is 9.84 Å². The molecule has 0 radical (unpaired) electrons. The average Bonchev–Trinajstić information content (AvgIpc) is 2.42. The van der Waals surface area contributed by atoms with Crippen molar-refractivity contribution in [3.05, 3.63) is 41.5 Å². The van der Waals surface area contributed by atoms with Gasteiger partial charge in [0, 0.05) is 5.57 Å². The predicted molar refractivity (Wildman–Crippen MR) is 76.6 cm³/mol. The summed E-state index contributed by atoms with van der Waals surface area (Å²) in [5, 5.41) is 8.87. The van der Waals surface area contributed by atoms with Crippen molar-refractivity contribution >= 4 is 5.97 Å². The van der Waals surface area contributed by atoms with Crippen molar-refractivity contribution in [2.45, 2.75) is 39.5 Å². The molecule has 0 amide bonds. The minimum absolute atomic E-state index is 0.295.